The van der Waals surface area contributed by atoms with Crippen LogP contribution < -0.4 is 11.1 Å². The van der Waals surface area contributed by atoms with Crippen molar-refractivity contribution in [1.29, 1.82) is 0 Å². The van der Waals surface area contributed by atoms with Gasteiger partial charge in [0, 0.05) is 6.07 Å². The van der Waals surface area contributed by atoms with E-state index >= 15 is 0 Å². The van der Waals surface area contributed by atoms with Crippen molar-refractivity contribution in [2.75, 3.05) is 12.3 Å². The van der Waals surface area contributed by atoms with E-state index in [1.54, 1.807) is 0 Å². The Kier molecular flexibility index (Phi) is 3.57. The fraction of sp³-hybridized carbons (Fsp3) is 0.250. The molecule has 0 saturated carbocycles. The topological polar surface area (TPSA) is 136 Å². The van der Waals surface area contributed by atoms with Gasteiger partial charge >= 0.3 is 0 Å². The average Bonchev–Trinajstić information content (AvgIpc) is 2.42. The minimum Gasteiger partial charge on any atom is -0.393 e. The molecule has 1 aliphatic heterocycles. The summed E-state index contributed by atoms with van der Waals surface area (Å²) in [4.78, 5) is 46.4. The minimum absolute atomic E-state index is 0.112. The van der Waals surface area contributed by atoms with Crippen LogP contribution in [-0.2, 0) is 9.59 Å². The molecule has 1 aromatic carbocycles. The molecule has 1 heterocycles. The summed E-state index contributed by atoms with van der Waals surface area (Å²) in [5.74, 6) is -1.93. The number of nitrogens with two attached hydrogens (primary N) is 1. The second-order valence-electron chi connectivity index (χ2n) is 4.52. The molecule has 0 aliphatic carbocycles. The van der Waals surface area contributed by atoms with Gasteiger partial charge in [-0.1, -0.05) is 6.07 Å². The minimum atomic E-state index is -0.867. The predicted octanol–water partition coefficient (Wildman–Crippen LogP) is -0.336. The lowest BCUT2D eigenvalue weighted by atomic mass is 10.1. The van der Waals surface area contributed by atoms with Gasteiger partial charge in [0.15, 0.2) is 0 Å². The fourth-order valence-electron chi connectivity index (χ4n) is 2.02. The monoisotopic (exact) mass is 292 g/mol. The lowest BCUT2D eigenvalue weighted by molar-refractivity contribution is -0.383. The van der Waals surface area contributed by atoms with Crippen LogP contribution in [0.1, 0.15) is 17.3 Å². The maximum Gasteiger partial charge on any atom is 0.292 e. The summed E-state index contributed by atoms with van der Waals surface area (Å²) < 4.78 is 0. The van der Waals surface area contributed by atoms with Crippen LogP contribution in [0, 0.1) is 10.1 Å². The zero-order valence-corrected chi connectivity index (χ0v) is 11.0. The van der Waals surface area contributed by atoms with Crippen LogP contribution in [0.3, 0.4) is 0 Å². The summed E-state index contributed by atoms with van der Waals surface area (Å²) in [7, 11) is 0. The molecule has 9 nitrogen and oxygen atoms in total. The highest BCUT2D eigenvalue weighted by atomic mass is 16.6. The van der Waals surface area contributed by atoms with E-state index in [-0.39, 0.29) is 17.8 Å². The second kappa shape index (κ2) is 5.19. The van der Waals surface area contributed by atoms with Crippen LogP contribution >= 0.6 is 0 Å². The van der Waals surface area contributed by atoms with Crippen molar-refractivity contribution in [3.8, 4) is 0 Å². The maximum atomic E-state index is 12.4. The summed E-state index contributed by atoms with van der Waals surface area (Å²) in [6.07, 6.45) is 0. The third-order valence-electron chi connectivity index (χ3n) is 3.19. The van der Waals surface area contributed by atoms with Crippen molar-refractivity contribution >= 4 is 29.1 Å². The number of carbonyl (C=O) groups excluding carboxylic acids is 3. The first kappa shape index (κ1) is 14.4. The molecule has 3 amide bonds. The SMILES string of the molecule is CC1C(=O)NC(=O)CN1C(=O)c1cccc([N+](=O)[O-])c1N. The Morgan fingerprint density at radius 3 is 2.76 bits per heavy atom. The summed E-state index contributed by atoms with van der Waals surface area (Å²) >= 11 is 0. The molecule has 1 unspecified atom stereocenters. The molecule has 21 heavy (non-hydrogen) atoms. The number of piperazine rings is 1. The molecule has 0 spiro atoms. The number of nitrogens with zero attached hydrogens (tertiary/aromatic N) is 2. The van der Waals surface area contributed by atoms with Crippen molar-refractivity contribution < 1.29 is 19.3 Å². The smallest absolute Gasteiger partial charge is 0.292 e. The number of para-hydroxylation sites is 1. The van der Waals surface area contributed by atoms with Gasteiger partial charge in [0.2, 0.25) is 11.8 Å². The molecular formula is C12H12N4O5. The highest BCUT2D eigenvalue weighted by Crippen LogP contribution is 2.26. The Morgan fingerprint density at radius 2 is 2.14 bits per heavy atom. The zero-order valence-electron chi connectivity index (χ0n) is 11.0. The van der Waals surface area contributed by atoms with E-state index in [2.05, 4.69) is 5.32 Å². The van der Waals surface area contributed by atoms with Gasteiger partial charge in [0.1, 0.15) is 18.3 Å². The first-order valence-corrected chi connectivity index (χ1v) is 6.00. The summed E-state index contributed by atoms with van der Waals surface area (Å²) in [6.45, 7) is 1.14. The number of hydrogen-bond donors (Lipinski definition) is 2. The molecule has 9 heteroatoms. The number of rotatable bonds is 2. The first-order chi connectivity index (χ1) is 9.82. The Balaban J connectivity index is 2.40. The van der Waals surface area contributed by atoms with E-state index in [1.807, 2.05) is 0 Å². The first-order valence-electron chi connectivity index (χ1n) is 6.00. The van der Waals surface area contributed by atoms with E-state index in [9.17, 15) is 24.5 Å². The van der Waals surface area contributed by atoms with Gasteiger partial charge in [-0.3, -0.25) is 29.8 Å². The van der Waals surface area contributed by atoms with Crippen LogP contribution in [-0.4, -0.2) is 40.1 Å². The van der Waals surface area contributed by atoms with Crippen molar-refractivity contribution in [3.05, 3.63) is 33.9 Å². The Labute approximate surface area is 118 Å². The van der Waals surface area contributed by atoms with Crippen molar-refractivity contribution in [2.45, 2.75) is 13.0 Å². The average molecular weight is 292 g/mol. The highest BCUT2D eigenvalue weighted by molar-refractivity contribution is 6.09. The fourth-order valence-corrected chi connectivity index (χ4v) is 2.02. The van der Waals surface area contributed by atoms with Crippen molar-refractivity contribution in [3.63, 3.8) is 0 Å². The molecule has 1 aromatic rings. The third-order valence-corrected chi connectivity index (χ3v) is 3.19. The molecule has 2 rings (SSSR count). The lowest BCUT2D eigenvalue weighted by Crippen LogP contribution is -2.58. The van der Waals surface area contributed by atoms with Crippen LogP contribution in [0.4, 0.5) is 11.4 Å². The van der Waals surface area contributed by atoms with Gasteiger partial charge in [-0.15, -0.1) is 0 Å². The second-order valence-corrected chi connectivity index (χ2v) is 4.52. The van der Waals surface area contributed by atoms with E-state index in [1.165, 1.54) is 25.1 Å². The molecule has 1 atom stereocenters. The standard InChI is InChI=1S/C12H12N4O5/c1-6-11(18)14-9(17)5-15(6)12(19)7-3-2-4-8(10(7)13)16(20)21/h2-4,6H,5,13H2,1H3,(H,14,17,18). The highest BCUT2D eigenvalue weighted by Gasteiger charge is 2.35. The van der Waals surface area contributed by atoms with Gasteiger partial charge < -0.3 is 10.6 Å². The van der Waals surface area contributed by atoms with E-state index in [0.29, 0.717) is 0 Å². The number of carbonyl (C=O) groups is 3. The number of anilines is 1. The van der Waals surface area contributed by atoms with Crippen LogP contribution in [0.5, 0.6) is 0 Å². The number of imide groups is 1. The predicted molar refractivity (Wildman–Crippen MR) is 71.2 cm³/mol. The van der Waals surface area contributed by atoms with Gasteiger partial charge in [-0.2, -0.15) is 0 Å². The Hall–Kier alpha value is -2.97. The van der Waals surface area contributed by atoms with Crippen LogP contribution in [0.25, 0.3) is 0 Å². The molecule has 110 valence electrons. The molecule has 0 bridgehead atoms. The molecule has 1 aliphatic rings. The molecule has 3 N–H and O–H groups in total. The lowest BCUT2D eigenvalue weighted by Gasteiger charge is -2.31. The molecule has 1 saturated heterocycles. The van der Waals surface area contributed by atoms with E-state index < -0.39 is 34.4 Å². The normalized spacial score (nSPS) is 18.3. The number of nitro groups is 1. The number of nitro benzene ring substituents is 1. The van der Waals surface area contributed by atoms with Gasteiger partial charge in [0.25, 0.3) is 11.6 Å². The van der Waals surface area contributed by atoms with E-state index in [0.717, 1.165) is 4.90 Å². The number of benzene rings is 1. The van der Waals surface area contributed by atoms with Crippen molar-refractivity contribution in [2.24, 2.45) is 0 Å². The maximum absolute atomic E-state index is 12.4. The van der Waals surface area contributed by atoms with Gasteiger partial charge in [-0.25, -0.2) is 0 Å². The van der Waals surface area contributed by atoms with Gasteiger partial charge in [0.05, 0.1) is 10.5 Å². The molecule has 0 radical (unpaired) electrons. The number of nitrogen functional groups attached to an aromatic ring is 1. The van der Waals surface area contributed by atoms with E-state index in [4.69, 9.17) is 5.73 Å². The Morgan fingerprint density at radius 1 is 1.48 bits per heavy atom. The van der Waals surface area contributed by atoms with Crippen molar-refractivity contribution in [1.82, 2.24) is 10.2 Å². The largest absolute Gasteiger partial charge is 0.393 e. The number of hydrogen-bond acceptors (Lipinski definition) is 6. The third kappa shape index (κ3) is 2.53. The van der Waals surface area contributed by atoms with Gasteiger partial charge in [-0.05, 0) is 13.0 Å². The summed E-state index contributed by atoms with van der Waals surface area (Å²) in [5, 5.41) is 12.9. The number of amides is 3. The zero-order chi connectivity index (χ0) is 15.7. The Bertz CT molecular complexity index is 657. The van der Waals surface area contributed by atoms with Crippen LogP contribution in [0.15, 0.2) is 18.2 Å². The molecule has 1 fully saturated rings. The molecule has 0 aromatic heterocycles. The number of nitrogens with one attached hydrogen (secondary N) is 1. The van der Waals surface area contributed by atoms with Crippen LogP contribution in [0.2, 0.25) is 0 Å². The summed E-state index contributed by atoms with van der Waals surface area (Å²) in [6, 6.07) is 2.94. The quantitative estimate of drug-likeness (QED) is 0.331. The summed E-state index contributed by atoms with van der Waals surface area (Å²) in [5.41, 5.74) is 4.82. The molecular weight excluding hydrogens is 280 g/mol.